The number of halogens is 4. The third-order valence-electron chi connectivity index (χ3n) is 4.97. The molecule has 0 saturated heterocycles. The van der Waals surface area contributed by atoms with Crippen molar-refractivity contribution >= 4 is 40.2 Å². The monoisotopic (exact) mass is 492 g/mol. The summed E-state index contributed by atoms with van der Waals surface area (Å²) < 4.78 is 40.8. The number of rotatable bonds is 7. The van der Waals surface area contributed by atoms with E-state index in [0.29, 0.717) is 16.3 Å². The summed E-state index contributed by atoms with van der Waals surface area (Å²) in [5, 5.41) is 0.0591. The second-order valence-corrected chi connectivity index (χ2v) is 8.89. The fraction of sp³-hybridized carbons (Fsp3) is 0.227. The molecule has 0 aromatic carbocycles. The Hall–Kier alpha value is -3.11. The molecule has 0 fully saturated rings. The van der Waals surface area contributed by atoms with Gasteiger partial charge in [0.05, 0.1) is 33.1 Å². The average molecular weight is 493 g/mol. The Morgan fingerprint density at radius 1 is 1.12 bits per heavy atom. The minimum atomic E-state index is -4.64. The Morgan fingerprint density at radius 3 is 2.67 bits per heavy atom. The molecular weight excluding hydrogens is 477 g/mol. The van der Waals surface area contributed by atoms with E-state index in [1.807, 2.05) is 13.0 Å². The van der Waals surface area contributed by atoms with Crippen molar-refractivity contribution in [1.29, 1.82) is 0 Å². The molecule has 0 saturated carbocycles. The molecule has 0 aliphatic heterocycles. The number of carbonyl (C=O) groups is 2. The first-order valence-corrected chi connectivity index (χ1v) is 11.0. The standard InChI is InChI=1S/C22H16ClF3N4O2S/c1-12(6-17(31)16-10-28-20-4-2-3-5-30(16)20)21-29-11-19(33-21)18(32)8-13-7-14(22(24,25)26)15(23)9-27-13/h2-5,7,9-12H,6,8H2,1H3/t12-/m0/s1. The molecular formula is C22H16ClF3N4O2S. The number of carbonyl (C=O) groups excluding carboxylic acids is 2. The number of nitrogens with zero attached hydrogens (tertiary/aromatic N) is 4. The average Bonchev–Trinajstić information content (AvgIpc) is 3.42. The minimum Gasteiger partial charge on any atom is -0.297 e. The van der Waals surface area contributed by atoms with Gasteiger partial charge in [-0.1, -0.05) is 24.6 Å². The number of aromatic nitrogens is 4. The van der Waals surface area contributed by atoms with Crippen LogP contribution in [0.1, 0.15) is 55.7 Å². The van der Waals surface area contributed by atoms with Crippen molar-refractivity contribution in [2.45, 2.75) is 31.9 Å². The Kier molecular flexibility index (Phi) is 6.31. The molecule has 4 heterocycles. The van der Waals surface area contributed by atoms with E-state index in [-0.39, 0.29) is 35.1 Å². The first kappa shape index (κ1) is 23.1. The molecule has 4 aromatic heterocycles. The zero-order valence-electron chi connectivity index (χ0n) is 17.1. The molecule has 0 N–H and O–H groups in total. The van der Waals surface area contributed by atoms with Crippen LogP contribution >= 0.6 is 22.9 Å². The number of fused-ring (bicyclic) bond motifs is 1. The highest BCUT2D eigenvalue weighted by Crippen LogP contribution is 2.35. The highest BCUT2D eigenvalue weighted by molar-refractivity contribution is 7.13. The zero-order chi connectivity index (χ0) is 23.8. The molecule has 33 heavy (non-hydrogen) atoms. The Bertz CT molecular complexity index is 1350. The van der Waals surface area contributed by atoms with E-state index in [9.17, 15) is 22.8 Å². The summed E-state index contributed by atoms with van der Waals surface area (Å²) in [6, 6.07) is 6.21. The van der Waals surface area contributed by atoms with Gasteiger partial charge < -0.3 is 0 Å². The summed E-state index contributed by atoms with van der Waals surface area (Å²) in [6.07, 6.45) is 0.745. The second-order valence-electron chi connectivity index (χ2n) is 7.42. The number of thiazole rings is 1. The molecule has 0 radical (unpaired) electrons. The van der Waals surface area contributed by atoms with Crippen molar-refractivity contribution in [3.63, 3.8) is 0 Å². The van der Waals surface area contributed by atoms with Gasteiger partial charge in [0.1, 0.15) is 11.3 Å². The van der Waals surface area contributed by atoms with Gasteiger partial charge in [-0.15, -0.1) is 11.3 Å². The molecule has 4 rings (SSSR count). The summed E-state index contributed by atoms with van der Waals surface area (Å²) in [5.74, 6) is -0.792. The van der Waals surface area contributed by atoms with Crippen LogP contribution in [0.5, 0.6) is 0 Å². The van der Waals surface area contributed by atoms with Gasteiger partial charge in [-0.05, 0) is 18.2 Å². The topological polar surface area (TPSA) is 77.2 Å². The van der Waals surface area contributed by atoms with Crippen molar-refractivity contribution in [2.75, 3.05) is 0 Å². The SMILES string of the molecule is C[C@@H](CC(=O)c1cnc2ccccn12)c1ncc(C(=O)Cc2cc(C(F)(F)F)c(Cl)cn2)s1. The molecule has 0 unspecified atom stereocenters. The summed E-state index contributed by atoms with van der Waals surface area (Å²) in [4.78, 5) is 37.9. The Balaban J connectivity index is 1.45. The fourth-order valence-corrected chi connectivity index (χ4v) is 4.42. The molecule has 0 aliphatic carbocycles. The van der Waals surface area contributed by atoms with E-state index in [4.69, 9.17) is 11.6 Å². The van der Waals surface area contributed by atoms with Gasteiger partial charge in [0.15, 0.2) is 11.6 Å². The molecule has 1 atom stereocenters. The maximum atomic E-state index is 13.0. The molecule has 0 aliphatic rings. The number of alkyl halides is 3. The molecule has 4 aromatic rings. The van der Waals surface area contributed by atoms with Gasteiger partial charge >= 0.3 is 6.18 Å². The van der Waals surface area contributed by atoms with E-state index in [0.717, 1.165) is 23.6 Å². The number of imidazole rings is 1. The number of hydrogen-bond donors (Lipinski definition) is 0. The van der Waals surface area contributed by atoms with Crippen LogP contribution in [0.25, 0.3) is 5.65 Å². The van der Waals surface area contributed by atoms with E-state index in [2.05, 4.69) is 15.0 Å². The summed E-state index contributed by atoms with van der Waals surface area (Å²) >= 11 is 6.69. The normalized spacial score (nSPS) is 12.8. The van der Waals surface area contributed by atoms with Gasteiger partial charge in [0, 0.05) is 36.6 Å². The van der Waals surface area contributed by atoms with Crippen LogP contribution < -0.4 is 0 Å². The van der Waals surface area contributed by atoms with Crippen LogP contribution in [0, 0.1) is 0 Å². The van der Waals surface area contributed by atoms with Crippen molar-refractivity contribution in [3.05, 3.63) is 80.9 Å². The van der Waals surface area contributed by atoms with Gasteiger partial charge in [-0.25, -0.2) is 9.97 Å². The first-order chi connectivity index (χ1) is 15.6. The number of ketones is 2. The number of pyridine rings is 2. The van der Waals surface area contributed by atoms with Crippen molar-refractivity contribution in [2.24, 2.45) is 0 Å². The van der Waals surface area contributed by atoms with E-state index in [1.165, 1.54) is 12.4 Å². The molecule has 11 heteroatoms. The van der Waals surface area contributed by atoms with E-state index < -0.39 is 22.5 Å². The minimum absolute atomic E-state index is 0.0393. The van der Waals surface area contributed by atoms with Crippen molar-refractivity contribution in [1.82, 2.24) is 19.4 Å². The highest BCUT2D eigenvalue weighted by atomic mass is 35.5. The summed E-state index contributed by atoms with van der Waals surface area (Å²) in [6.45, 7) is 1.82. The first-order valence-electron chi connectivity index (χ1n) is 9.79. The zero-order valence-corrected chi connectivity index (χ0v) is 18.7. The van der Waals surface area contributed by atoms with Gasteiger partial charge in [-0.3, -0.25) is 19.0 Å². The largest absolute Gasteiger partial charge is 0.417 e. The number of hydrogen-bond acceptors (Lipinski definition) is 6. The lowest BCUT2D eigenvalue weighted by Crippen LogP contribution is -2.10. The van der Waals surface area contributed by atoms with Gasteiger partial charge in [-0.2, -0.15) is 13.2 Å². The molecule has 0 spiro atoms. The summed E-state index contributed by atoms with van der Waals surface area (Å²) in [5.41, 5.74) is 0.0497. The predicted molar refractivity (Wildman–Crippen MR) is 117 cm³/mol. The lowest BCUT2D eigenvalue weighted by molar-refractivity contribution is -0.137. The van der Waals surface area contributed by atoms with Crippen molar-refractivity contribution < 1.29 is 22.8 Å². The van der Waals surface area contributed by atoms with Gasteiger partial charge in [0.2, 0.25) is 0 Å². The van der Waals surface area contributed by atoms with Crippen LogP contribution in [0.15, 0.2) is 49.1 Å². The van der Waals surface area contributed by atoms with Crippen LogP contribution in [0.3, 0.4) is 0 Å². The maximum absolute atomic E-state index is 13.0. The molecule has 6 nitrogen and oxygen atoms in total. The smallest absolute Gasteiger partial charge is 0.297 e. The van der Waals surface area contributed by atoms with E-state index in [1.54, 1.807) is 22.7 Å². The quantitative estimate of drug-likeness (QED) is 0.311. The lowest BCUT2D eigenvalue weighted by Gasteiger charge is -2.09. The fourth-order valence-electron chi connectivity index (χ4n) is 3.30. The van der Waals surface area contributed by atoms with Crippen LogP contribution in [-0.4, -0.2) is 30.9 Å². The summed E-state index contributed by atoms with van der Waals surface area (Å²) in [7, 11) is 0. The Labute approximate surface area is 195 Å². The highest BCUT2D eigenvalue weighted by Gasteiger charge is 2.34. The molecule has 0 amide bonds. The maximum Gasteiger partial charge on any atom is 0.417 e. The lowest BCUT2D eigenvalue weighted by atomic mass is 10.0. The third kappa shape index (κ3) is 4.96. The van der Waals surface area contributed by atoms with Crippen molar-refractivity contribution in [3.8, 4) is 0 Å². The predicted octanol–water partition coefficient (Wildman–Crippen LogP) is 5.66. The van der Waals surface area contributed by atoms with Crippen LogP contribution in [0.4, 0.5) is 13.2 Å². The van der Waals surface area contributed by atoms with Crippen LogP contribution in [-0.2, 0) is 12.6 Å². The molecule has 0 bridgehead atoms. The third-order valence-corrected chi connectivity index (χ3v) is 6.54. The molecule has 170 valence electrons. The van der Waals surface area contributed by atoms with Gasteiger partial charge in [0.25, 0.3) is 0 Å². The second kappa shape index (κ2) is 9.03. The Morgan fingerprint density at radius 2 is 1.91 bits per heavy atom. The van der Waals surface area contributed by atoms with Crippen LogP contribution in [0.2, 0.25) is 5.02 Å². The number of Topliss-reactive ketones (excluding diaryl/α,β-unsaturated/α-hetero) is 2. The van der Waals surface area contributed by atoms with E-state index >= 15 is 0 Å².